The summed E-state index contributed by atoms with van der Waals surface area (Å²) >= 11 is 0. The van der Waals surface area contributed by atoms with Crippen molar-refractivity contribution in [2.24, 2.45) is 11.7 Å². The summed E-state index contributed by atoms with van der Waals surface area (Å²) in [7, 11) is -16.8. The summed E-state index contributed by atoms with van der Waals surface area (Å²) in [6, 6.07) is 6.70. The van der Waals surface area contributed by atoms with Crippen LogP contribution in [0.3, 0.4) is 0 Å². The van der Waals surface area contributed by atoms with Crippen LogP contribution in [-0.4, -0.2) is 57.6 Å². The smallest absolute Gasteiger partial charge is 0.369 e. The fraction of sp³-hybridized carbons (Fsp3) is 0.429. The maximum absolute atomic E-state index is 13.5. The number of carbonyl (C=O) groups is 1. The number of ketones is 1. The number of imidazole rings is 1. The third-order valence-corrected chi connectivity index (χ3v) is 10.1. The van der Waals surface area contributed by atoms with Crippen molar-refractivity contribution in [3.63, 3.8) is 0 Å². The number of nitrogens with one attached hydrogen (secondary N) is 1. The topological polar surface area (TPSA) is 302 Å². The maximum atomic E-state index is 13.5. The van der Waals surface area contributed by atoms with E-state index in [2.05, 4.69) is 23.6 Å². The Morgan fingerprint density at radius 2 is 1.84 bits per heavy atom. The van der Waals surface area contributed by atoms with Crippen molar-refractivity contribution in [3.05, 3.63) is 52.1 Å². The Hall–Kier alpha value is -2.63. The van der Waals surface area contributed by atoms with Crippen molar-refractivity contribution in [1.82, 2.24) is 19.5 Å². The molecular weight excluding hydrogens is 637 g/mol. The molecule has 43 heavy (non-hydrogen) atoms. The Labute approximate surface area is 242 Å². The molecule has 3 heterocycles. The van der Waals surface area contributed by atoms with Gasteiger partial charge < -0.3 is 35.8 Å². The lowest BCUT2D eigenvalue weighted by Crippen LogP contribution is -2.31. The Bertz CT molecular complexity index is 1730. The van der Waals surface area contributed by atoms with E-state index in [0.717, 1.165) is 0 Å². The number of aromatic amines is 1. The second kappa shape index (κ2) is 12.0. The molecule has 0 spiro atoms. The number of rotatable bonds is 12. The highest BCUT2D eigenvalue weighted by Gasteiger charge is 2.44. The minimum atomic E-state index is -5.76. The predicted molar refractivity (Wildman–Crippen MR) is 147 cm³/mol. The third-order valence-electron chi connectivity index (χ3n) is 6.31. The Morgan fingerprint density at radius 1 is 1.16 bits per heavy atom. The summed E-state index contributed by atoms with van der Waals surface area (Å²) in [6.45, 7) is 2.65. The van der Waals surface area contributed by atoms with Gasteiger partial charge in [-0.3, -0.25) is 23.7 Å². The first-order valence-corrected chi connectivity index (χ1v) is 16.8. The molecule has 1 aliphatic rings. The Morgan fingerprint density at radius 3 is 2.49 bits per heavy atom. The molecule has 22 heteroatoms. The third kappa shape index (κ3) is 8.30. The van der Waals surface area contributed by atoms with Crippen LogP contribution < -0.4 is 17.0 Å². The lowest BCUT2D eigenvalue weighted by molar-refractivity contribution is -0.0287. The van der Waals surface area contributed by atoms with Gasteiger partial charge in [0.2, 0.25) is 5.95 Å². The molecule has 0 radical (unpaired) electrons. The number of fused-ring (bicyclic) bond motifs is 1. The molecule has 3 aromatic rings. The molecule has 5 atom stereocenters. The number of nitrogens with zero attached hydrogens (tertiary/aromatic N) is 3. The first kappa shape index (κ1) is 33.3. The quantitative estimate of drug-likeness (QED) is 0.106. The molecule has 19 nitrogen and oxygen atoms in total. The van der Waals surface area contributed by atoms with Crippen LogP contribution in [0.2, 0.25) is 0 Å². The summed E-state index contributed by atoms with van der Waals surface area (Å²) < 4.78 is 54.7. The summed E-state index contributed by atoms with van der Waals surface area (Å²) in [4.78, 5) is 73.0. The van der Waals surface area contributed by atoms with Crippen LogP contribution >= 0.6 is 23.5 Å². The first-order valence-electron chi connectivity index (χ1n) is 12.3. The maximum Gasteiger partial charge on any atom is 0.490 e. The molecule has 236 valence electrons. The molecule has 9 N–H and O–H groups in total. The molecule has 1 aliphatic heterocycles. The van der Waals surface area contributed by atoms with Crippen molar-refractivity contribution in [3.8, 4) is 0 Å². The van der Waals surface area contributed by atoms with Gasteiger partial charge in [-0.25, -0.2) is 18.7 Å². The van der Waals surface area contributed by atoms with Gasteiger partial charge in [-0.05, 0) is 31.7 Å². The van der Waals surface area contributed by atoms with E-state index in [0.29, 0.717) is 11.1 Å². The van der Waals surface area contributed by atoms with Gasteiger partial charge in [0.15, 0.2) is 16.9 Å². The summed E-state index contributed by atoms with van der Waals surface area (Å²) in [5.74, 6) is -1.27. The molecular formula is C21H29N6O13P3. The predicted octanol–water partition coefficient (Wildman–Crippen LogP) is 1.42. The second-order valence-electron chi connectivity index (χ2n) is 10.2. The van der Waals surface area contributed by atoms with Gasteiger partial charge in [-0.1, -0.05) is 24.3 Å². The highest BCUT2D eigenvalue weighted by atomic mass is 31.3. The van der Waals surface area contributed by atoms with E-state index < -0.39 is 59.4 Å². The molecule has 0 bridgehead atoms. The second-order valence-corrected chi connectivity index (χ2v) is 14.6. The monoisotopic (exact) mass is 666 g/mol. The van der Waals surface area contributed by atoms with Gasteiger partial charge in [0.05, 0.1) is 19.0 Å². The SMILES string of the molecule is CC(C)(N)c1ccccc1C(=O)C[C@@H]1C[C@H](n2cnc3c(=O)[nH]c(N)nc32)OC1COP(=O)(O)OP(=O)(O)OP(=O)(O)O. The summed E-state index contributed by atoms with van der Waals surface area (Å²) in [5, 5.41) is 0. The molecule has 1 aromatic carbocycles. The minimum absolute atomic E-state index is 0.0544. The van der Waals surface area contributed by atoms with Crippen LogP contribution in [0.1, 0.15) is 48.8 Å². The number of Topliss-reactive ketones (excluding diaryl/α,β-unsaturated/α-hetero) is 1. The van der Waals surface area contributed by atoms with Crippen LogP contribution in [-0.2, 0) is 37.1 Å². The zero-order valence-electron chi connectivity index (χ0n) is 22.5. The number of phosphoric ester groups is 1. The fourth-order valence-corrected chi connectivity index (χ4v) is 7.64. The highest BCUT2D eigenvalue weighted by molar-refractivity contribution is 7.66. The van der Waals surface area contributed by atoms with E-state index in [9.17, 15) is 33.1 Å². The van der Waals surface area contributed by atoms with Crippen LogP contribution in [0.4, 0.5) is 5.95 Å². The number of hydrogen-bond acceptors (Lipinski definition) is 13. The molecule has 1 fully saturated rings. The number of aromatic nitrogens is 4. The number of nitrogen functional groups attached to an aromatic ring is 1. The van der Waals surface area contributed by atoms with Gasteiger partial charge in [0.25, 0.3) is 5.56 Å². The van der Waals surface area contributed by atoms with Crippen LogP contribution in [0, 0.1) is 5.92 Å². The van der Waals surface area contributed by atoms with E-state index in [1.165, 1.54) is 10.9 Å². The Kier molecular flexibility index (Phi) is 9.32. The summed E-state index contributed by atoms with van der Waals surface area (Å²) in [5.41, 5.74) is 11.3. The van der Waals surface area contributed by atoms with Crippen molar-refractivity contribution >= 4 is 46.4 Å². The molecule has 0 aliphatic carbocycles. The van der Waals surface area contributed by atoms with Gasteiger partial charge in [-0.15, -0.1) is 0 Å². The van der Waals surface area contributed by atoms with Crippen molar-refractivity contribution in [2.45, 2.75) is 44.6 Å². The number of hydrogen-bond donors (Lipinski definition) is 7. The molecule has 2 aromatic heterocycles. The zero-order chi connectivity index (χ0) is 32.0. The van der Waals surface area contributed by atoms with E-state index in [-0.39, 0.29) is 35.7 Å². The molecule has 4 rings (SSSR count). The van der Waals surface area contributed by atoms with Gasteiger partial charge in [0, 0.05) is 17.5 Å². The lowest BCUT2D eigenvalue weighted by atomic mass is 9.85. The number of carbonyl (C=O) groups excluding carboxylic acids is 1. The largest absolute Gasteiger partial charge is 0.490 e. The average molecular weight is 666 g/mol. The first-order chi connectivity index (χ1) is 19.7. The van der Waals surface area contributed by atoms with Crippen molar-refractivity contribution < 1.29 is 55.9 Å². The highest BCUT2D eigenvalue weighted by Crippen LogP contribution is 2.66. The number of H-pyrrole nitrogens is 1. The van der Waals surface area contributed by atoms with Crippen LogP contribution in [0.5, 0.6) is 0 Å². The molecule has 0 amide bonds. The number of phosphoric acid groups is 3. The number of benzene rings is 1. The zero-order valence-corrected chi connectivity index (χ0v) is 25.2. The minimum Gasteiger partial charge on any atom is -0.369 e. The average Bonchev–Trinajstić information content (AvgIpc) is 3.44. The Balaban J connectivity index is 1.61. The normalized spacial score (nSPS) is 22.3. The molecule has 3 unspecified atom stereocenters. The molecule has 0 saturated carbocycles. The lowest BCUT2D eigenvalue weighted by Gasteiger charge is -2.24. The fourth-order valence-electron chi connectivity index (χ4n) is 4.61. The van der Waals surface area contributed by atoms with E-state index in [1.54, 1.807) is 38.1 Å². The van der Waals surface area contributed by atoms with Crippen molar-refractivity contribution in [2.75, 3.05) is 12.3 Å². The number of ether oxygens (including phenoxy) is 1. The van der Waals surface area contributed by atoms with E-state index in [4.69, 9.17) is 30.5 Å². The standard InChI is InChI=1S/C21H29N6O13P3/c1-21(2,23)13-6-4-3-5-12(13)14(28)7-11-8-16(27-10-24-17-18(27)25-20(22)26-19(17)29)38-15(11)9-37-42(33,34)40-43(35,36)39-41(30,31)32/h3-6,10-11,15-16H,7-9,23H2,1-2H3,(H,33,34)(H,35,36)(H2,30,31,32)(H3,22,25,26,29)/t11-,15?,16-/m1/s1. The summed E-state index contributed by atoms with van der Waals surface area (Å²) in [6.07, 6.45) is -0.936. The van der Waals surface area contributed by atoms with Gasteiger partial charge >= 0.3 is 23.5 Å². The number of anilines is 1. The van der Waals surface area contributed by atoms with Gasteiger partial charge in [-0.2, -0.15) is 13.6 Å². The number of nitrogens with two attached hydrogens (primary N) is 2. The van der Waals surface area contributed by atoms with Gasteiger partial charge in [0.1, 0.15) is 6.23 Å². The van der Waals surface area contributed by atoms with Crippen LogP contribution in [0.25, 0.3) is 11.2 Å². The van der Waals surface area contributed by atoms with E-state index >= 15 is 0 Å². The van der Waals surface area contributed by atoms with Crippen molar-refractivity contribution in [1.29, 1.82) is 0 Å². The van der Waals surface area contributed by atoms with Crippen LogP contribution in [0.15, 0.2) is 35.4 Å². The molecule has 1 saturated heterocycles. The van der Waals surface area contributed by atoms with E-state index in [1.807, 2.05) is 0 Å².